The fourth-order valence-corrected chi connectivity index (χ4v) is 2.22. The van der Waals surface area contributed by atoms with E-state index in [-0.39, 0.29) is 11.6 Å². The molecule has 110 valence electrons. The highest BCUT2D eigenvalue weighted by atomic mass is 19.3. The Labute approximate surface area is 114 Å². The number of alkyl halides is 2. The van der Waals surface area contributed by atoms with Crippen LogP contribution in [-0.2, 0) is 11.3 Å². The third-order valence-electron chi connectivity index (χ3n) is 3.61. The van der Waals surface area contributed by atoms with E-state index < -0.39 is 30.4 Å². The third kappa shape index (κ3) is 2.81. The second-order valence-corrected chi connectivity index (χ2v) is 5.17. The molecule has 0 aliphatic heterocycles. The van der Waals surface area contributed by atoms with E-state index in [1.807, 2.05) is 0 Å². The summed E-state index contributed by atoms with van der Waals surface area (Å²) in [6, 6.07) is 2.87. The van der Waals surface area contributed by atoms with Crippen LogP contribution in [0.4, 0.5) is 8.78 Å². The molecule has 1 fully saturated rings. The molecule has 1 unspecified atom stereocenters. The van der Waals surface area contributed by atoms with Crippen molar-refractivity contribution >= 4 is 11.9 Å². The quantitative estimate of drug-likeness (QED) is 0.836. The molecule has 1 saturated carbocycles. The largest absolute Gasteiger partial charge is 0.480 e. The van der Waals surface area contributed by atoms with Crippen LogP contribution in [0, 0.1) is 5.92 Å². The van der Waals surface area contributed by atoms with Crippen LogP contribution >= 0.6 is 0 Å². The lowest BCUT2D eigenvalue weighted by atomic mass is 9.96. The standard InChI is InChI=1S/C13H16F2N2O3/c1-13(12(19)20,8-4-5-8)16-11(18)9-3-2-6-17(9)7-10(14)15/h2-3,6,8,10H,4-5,7H2,1H3,(H,16,18)(H,19,20). The Kier molecular flexibility index (Phi) is 3.78. The van der Waals surface area contributed by atoms with Crippen LogP contribution in [0.15, 0.2) is 18.3 Å². The maximum absolute atomic E-state index is 12.4. The number of amides is 1. The summed E-state index contributed by atoms with van der Waals surface area (Å²) in [6.07, 6.45) is 0.265. The van der Waals surface area contributed by atoms with Gasteiger partial charge in [0.05, 0.1) is 6.54 Å². The maximum Gasteiger partial charge on any atom is 0.329 e. The Balaban J connectivity index is 2.15. The molecule has 2 N–H and O–H groups in total. The van der Waals surface area contributed by atoms with Crippen molar-refractivity contribution in [1.29, 1.82) is 0 Å². The van der Waals surface area contributed by atoms with Gasteiger partial charge in [-0.3, -0.25) is 4.79 Å². The van der Waals surface area contributed by atoms with Gasteiger partial charge in [0.15, 0.2) is 0 Å². The van der Waals surface area contributed by atoms with Gasteiger partial charge in [0, 0.05) is 6.20 Å². The van der Waals surface area contributed by atoms with Crippen LogP contribution in [0.25, 0.3) is 0 Å². The number of carbonyl (C=O) groups is 2. The van der Waals surface area contributed by atoms with E-state index in [0.29, 0.717) is 0 Å². The second kappa shape index (κ2) is 5.22. The van der Waals surface area contributed by atoms with Crippen LogP contribution in [0.2, 0.25) is 0 Å². The van der Waals surface area contributed by atoms with Crippen LogP contribution in [0.5, 0.6) is 0 Å². The van der Waals surface area contributed by atoms with Gasteiger partial charge in [-0.1, -0.05) is 0 Å². The summed E-state index contributed by atoms with van der Waals surface area (Å²) in [5.41, 5.74) is -1.31. The van der Waals surface area contributed by atoms with Crippen LogP contribution in [-0.4, -0.2) is 33.5 Å². The van der Waals surface area contributed by atoms with Gasteiger partial charge in [0.1, 0.15) is 11.2 Å². The molecule has 1 heterocycles. The molecule has 2 rings (SSSR count). The van der Waals surface area contributed by atoms with Gasteiger partial charge in [-0.2, -0.15) is 0 Å². The minimum atomic E-state index is -2.58. The van der Waals surface area contributed by atoms with E-state index in [1.54, 1.807) is 0 Å². The topological polar surface area (TPSA) is 71.3 Å². The minimum Gasteiger partial charge on any atom is -0.480 e. The lowest BCUT2D eigenvalue weighted by Crippen LogP contribution is -2.54. The molecule has 5 nitrogen and oxygen atoms in total. The first-order valence-electron chi connectivity index (χ1n) is 6.34. The lowest BCUT2D eigenvalue weighted by molar-refractivity contribution is -0.144. The second-order valence-electron chi connectivity index (χ2n) is 5.17. The number of hydrogen-bond donors (Lipinski definition) is 2. The molecule has 0 aromatic carbocycles. The normalized spacial score (nSPS) is 17.8. The average molecular weight is 286 g/mol. The number of aliphatic carboxylic acids is 1. The highest BCUT2D eigenvalue weighted by Crippen LogP contribution is 2.39. The predicted molar refractivity (Wildman–Crippen MR) is 66.7 cm³/mol. The van der Waals surface area contributed by atoms with Gasteiger partial charge >= 0.3 is 5.97 Å². The Morgan fingerprint density at radius 2 is 2.20 bits per heavy atom. The van der Waals surface area contributed by atoms with Gasteiger partial charge < -0.3 is 15.0 Å². The number of rotatable bonds is 6. The first-order valence-corrected chi connectivity index (χ1v) is 6.34. The molecule has 1 amide bonds. The SMILES string of the molecule is CC(NC(=O)c1cccn1CC(F)F)(C(=O)O)C1CC1. The van der Waals surface area contributed by atoms with Crippen molar-refractivity contribution in [2.24, 2.45) is 5.92 Å². The Hall–Kier alpha value is -1.92. The molecule has 1 aliphatic carbocycles. The van der Waals surface area contributed by atoms with Crippen LogP contribution in [0.3, 0.4) is 0 Å². The number of hydrogen-bond acceptors (Lipinski definition) is 2. The molecule has 0 bridgehead atoms. The van der Waals surface area contributed by atoms with Crippen molar-refractivity contribution in [3.8, 4) is 0 Å². The smallest absolute Gasteiger partial charge is 0.329 e. The summed E-state index contributed by atoms with van der Waals surface area (Å²) in [5, 5.41) is 11.7. The van der Waals surface area contributed by atoms with Gasteiger partial charge in [-0.05, 0) is 37.8 Å². The summed E-state index contributed by atoms with van der Waals surface area (Å²) >= 11 is 0. The van der Waals surface area contributed by atoms with Crippen molar-refractivity contribution in [3.05, 3.63) is 24.0 Å². The molecule has 1 atom stereocenters. The molecule has 1 aliphatic rings. The monoisotopic (exact) mass is 286 g/mol. The zero-order chi connectivity index (χ0) is 14.9. The van der Waals surface area contributed by atoms with E-state index >= 15 is 0 Å². The van der Waals surface area contributed by atoms with Gasteiger partial charge in [0.25, 0.3) is 12.3 Å². The molecule has 20 heavy (non-hydrogen) atoms. The van der Waals surface area contributed by atoms with Crippen LogP contribution < -0.4 is 5.32 Å². The summed E-state index contributed by atoms with van der Waals surface area (Å²) < 4.78 is 25.9. The van der Waals surface area contributed by atoms with Crippen LogP contribution in [0.1, 0.15) is 30.3 Å². The maximum atomic E-state index is 12.4. The lowest BCUT2D eigenvalue weighted by Gasteiger charge is -2.26. The third-order valence-corrected chi connectivity index (χ3v) is 3.61. The number of halogens is 2. The van der Waals surface area contributed by atoms with Crippen molar-refractivity contribution in [1.82, 2.24) is 9.88 Å². The minimum absolute atomic E-state index is 0.0402. The zero-order valence-electron chi connectivity index (χ0n) is 11.0. The first kappa shape index (κ1) is 14.5. The van der Waals surface area contributed by atoms with Crippen molar-refractivity contribution in [3.63, 3.8) is 0 Å². The number of carboxylic acids is 1. The average Bonchev–Trinajstić information content (AvgIpc) is 3.10. The van der Waals surface area contributed by atoms with E-state index in [9.17, 15) is 23.5 Å². The van der Waals surface area contributed by atoms with Gasteiger partial charge in [-0.25, -0.2) is 13.6 Å². The Morgan fingerprint density at radius 3 is 2.70 bits per heavy atom. The Bertz CT molecular complexity index is 525. The number of nitrogens with zero attached hydrogens (tertiary/aromatic N) is 1. The molecule has 1 aromatic rings. The van der Waals surface area contributed by atoms with E-state index in [0.717, 1.165) is 17.4 Å². The molecular formula is C13H16F2N2O3. The van der Waals surface area contributed by atoms with E-state index in [4.69, 9.17) is 0 Å². The highest BCUT2D eigenvalue weighted by Gasteiger charge is 2.48. The fourth-order valence-electron chi connectivity index (χ4n) is 2.22. The fraction of sp³-hybridized carbons (Fsp3) is 0.538. The number of carbonyl (C=O) groups excluding carboxylic acids is 1. The van der Waals surface area contributed by atoms with E-state index in [2.05, 4.69) is 5.32 Å². The predicted octanol–water partition coefficient (Wildman–Crippen LogP) is 1.74. The molecule has 0 spiro atoms. The zero-order valence-corrected chi connectivity index (χ0v) is 11.0. The van der Waals surface area contributed by atoms with E-state index in [1.165, 1.54) is 25.3 Å². The number of nitrogens with one attached hydrogen (secondary N) is 1. The molecule has 0 saturated heterocycles. The van der Waals surface area contributed by atoms with Crippen molar-refractivity contribution in [2.45, 2.75) is 38.3 Å². The van der Waals surface area contributed by atoms with Crippen molar-refractivity contribution < 1.29 is 23.5 Å². The first-order chi connectivity index (χ1) is 9.34. The molecule has 0 radical (unpaired) electrons. The molecular weight excluding hydrogens is 270 g/mol. The molecule has 7 heteroatoms. The summed E-state index contributed by atoms with van der Waals surface area (Å²) in [4.78, 5) is 23.4. The van der Waals surface area contributed by atoms with Gasteiger partial charge in [0.2, 0.25) is 0 Å². The highest BCUT2D eigenvalue weighted by molar-refractivity contribution is 5.96. The Morgan fingerprint density at radius 1 is 1.55 bits per heavy atom. The summed E-state index contributed by atoms with van der Waals surface area (Å²) in [7, 11) is 0. The number of carboxylic acid groups (broad SMARTS) is 1. The van der Waals surface area contributed by atoms with Crippen molar-refractivity contribution in [2.75, 3.05) is 0 Å². The number of aromatic nitrogens is 1. The molecule has 1 aromatic heterocycles. The summed E-state index contributed by atoms with van der Waals surface area (Å²) in [6.45, 7) is 0.855. The summed E-state index contributed by atoms with van der Waals surface area (Å²) in [5.74, 6) is -1.87. The van der Waals surface area contributed by atoms with Gasteiger partial charge in [-0.15, -0.1) is 0 Å².